The minimum Gasteiger partial charge on any atom is -0.497 e. The van der Waals surface area contributed by atoms with E-state index < -0.39 is 21.4 Å². The van der Waals surface area contributed by atoms with Crippen LogP contribution >= 0.6 is 0 Å². The summed E-state index contributed by atoms with van der Waals surface area (Å²) >= 11 is 0. The van der Waals surface area contributed by atoms with Crippen LogP contribution in [0.25, 0.3) is 10.9 Å². The fourth-order valence-electron chi connectivity index (χ4n) is 3.20. The lowest BCUT2D eigenvalue weighted by atomic mass is 10.0. The second-order valence-corrected chi connectivity index (χ2v) is 8.42. The van der Waals surface area contributed by atoms with Crippen LogP contribution in [-0.4, -0.2) is 26.3 Å². The van der Waals surface area contributed by atoms with E-state index in [-0.39, 0.29) is 20.7 Å². The van der Waals surface area contributed by atoms with Crippen LogP contribution in [-0.2, 0) is 9.84 Å². The number of carbonyl (C=O) groups is 1. The molecule has 0 aliphatic heterocycles. The highest BCUT2D eigenvalue weighted by Gasteiger charge is 2.28. The van der Waals surface area contributed by atoms with E-state index in [1.54, 1.807) is 42.5 Å². The van der Waals surface area contributed by atoms with Crippen molar-refractivity contribution >= 4 is 26.5 Å². The second kappa shape index (κ2) is 7.68. The number of hydrogen-bond donors (Lipinski definition) is 0. The highest BCUT2D eigenvalue weighted by Crippen LogP contribution is 2.33. The SMILES string of the molecule is COc1ccc2ncc(C(=O)c3ccccc3)c(S(=O)(=O)c3ccc(F)cc3)c2c1. The Kier molecular flexibility index (Phi) is 5.05. The Bertz CT molecular complexity index is 1350. The molecular weight excluding hydrogens is 405 g/mol. The van der Waals surface area contributed by atoms with Crippen LogP contribution in [0.5, 0.6) is 5.75 Å². The molecule has 0 aliphatic rings. The van der Waals surface area contributed by atoms with Gasteiger partial charge in [-0.25, -0.2) is 12.8 Å². The van der Waals surface area contributed by atoms with E-state index in [2.05, 4.69) is 4.98 Å². The van der Waals surface area contributed by atoms with E-state index in [1.165, 1.54) is 31.5 Å². The number of benzene rings is 3. The van der Waals surface area contributed by atoms with Gasteiger partial charge in [0.15, 0.2) is 5.78 Å². The largest absolute Gasteiger partial charge is 0.497 e. The molecule has 0 bridgehead atoms. The van der Waals surface area contributed by atoms with Crippen molar-refractivity contribution in [1.29, 1.82) is 0 Å². The fourth-order valence-corrected chi connectivity index (χ4v) is 4.82. The molecule has 3 aromatic carbocycles. The maximum Gasteiger partial charge on any atom is 0.208 e. The average molecular weight is 421 g/mol. The van der Waals surface area contributed by atoms with Crippen molar-refractivity contribution in [3.63, 3.8) is 0 Å². The molecule has 0 radical (unpaired) electrons. The zero-order valence-electron chi connectivity index (χ0n) is 15.9. The third-order valence-corrected chi connectivity index (χ3v) is 6.57. The molecule has 0 unspecified atom stereocenters. The van der Waals surface area contributed by atoms with Gasteiger partial charge in [-0.15, -0.1) is 0 Å². The molecule has 0 fully saturated rings. The standard InChI is InChI=1S/C23H16FNO4S/c1-29-17-9-12-21-19(13-17)23(30(27,28)18-10-7-16(24)8-11-18)20(14-25-21)22(26)15-5-3-2-4-6-15/h2-14H,1H3. The summed E-state index contributed by atoms with van der Waals surface area (Å²) in [6.07, 6.45) is 1.26. The normalized spacial score (nSPS) is 11.4. The summed E-state index contributed by atoms with van der Waals surface area (Å²) in [5.41, 5.74) is 0.657. The maximum atomic E-state index is 13.6. The number of sulfone groups is 1. The first kappa shape index (κ1) is 19.7. The summed E-state index contributed by atoms with van der Waals surface area (Å²) in [7, 11) is -2.71. The quantitative estimate of drug-likeness (QED) is 0.352. The van der Waals surface area contributed by atoms with Crippen LogP contribution in [0.4, 0.5) is 4.39 Å². The monoisotopic (exact) mass is 421 g/mol. The van der Waals surface area contributed by atoms with Crippen LogP contribution in [0.3, 0.4) is 0 Å². The number of fused-ring (bicyclic) bond motifs is 1. The Morgan fingerprint density at radius 3 is 2.33 bits per heavy atom. The molecule has 30 heavy (non-hydrogen) atoms. The lowest BCUT2D eigenvalue weighted by Crippen LogP contribution is -2.12. The first-order valence-corrected chi connectivity index (χ1v) is 10.5. The van der Waals surface area contributed by atoms with Crippen LogP contribution in [0.2, 0.25) is 0 Å². The van der Waals surface area contributed by atoms with E-state index in [4.69, 9.17) is 4.74 Å². The summed E-state index contributed by atoms with van der Waals surface area (Å²) in [6, 6.07) is 17.6. The number of aromatic nitrogens is 1. The number of methoxy groups -OCH3 is 1. The molecule has 0 atom stereocenters. The van der Waals surface area contributed by atoms with Crippen molar-refractivity contribution in [1.82, 2.24) is 4.98 Å². The zero-order chi connectivity index (χ0) is 21.3. The number of ether oxygens (including phenoxy) is 1. The number of carbonyl (C=O) groups excluding carboxylic acids is 1. The molecule has 1 heterocycles. The predicted octanol–water partition coefficient (Wildman–Crippen LogP) is 4.45. The summed E-state index contributed by atoms with van der Waals surface area (Å²) < 4.78 is 45.8. The minimum atomic E-state index is -4.17. The van der Waals surface area contributed by atoms with Gasteiger partial charge < -0.3 is 4.74 Å². The third kappa shape index (κ3) is 3.44. The Morgan fingerprint density at radius 1 is 0.967 bits per heavy atom. The van der Waals surface area contributed by atoms with Gasteiger partial charge in [-0.05, 0) is 42.5 Å². The third-order valence-electron chi connectivity index (χ3n) is 4.70. The van der Waals surface area contributed by atoms with Crippen molar-refractivity contribution in [2.24, 2.45) is 0 Å². The lowest BCUT2D eigenvalue weighted by Gasteiger charge is -2.14. The first-order valence-electron chi connectivity index (χ1n) is 8.99. The number of hydrogen-bond acceptors (Lipinski definition) is 5. The maximum absolute atomic E-state index is 13.6. The summed E-state index contributed by atoms with van der Waals surface area (Å²) in [6.45, 7) is 0. The van der Waals surface area contributed by atoms with Crippen molar-refractivity contribution in [3.8, 4) is 5.75 Å². The molecular formula is C23H16FNO4S. The van der Waals surface area contributed by atoms with Gasteiger partial charge in [0.2, 0.25) is 9.84 Å². The van der Waals surface area contributed by atoms with Crippen LogP contribution in [0.15, 0.2) is 88.8 Å². The minimum absolute atomic E-state index is 0.0636. The van der Waals surface area contributed by atoms with Gasteiger partial charge in [0.05, 0.1) is 28.0 Å². The fraction of sp³-hybridized carbons (Fsp3) is 0.0435. The molecule has 150 valence electrons. The van der Waals surface area contributed by atoms with Gasteiger partial charge in [0.25, 0.3) is 0 Å². The number of rotatable bonds is 5. The highest BCUT2D eigenvalue weighted by atomic mass is 32.2. The second-order valence-electron chi connectivity index (χ2n) is 6.54. The Labute approximate surface area is 172 Å². The van der Waals surface area contributed by atoms with Crippen LogP contribution in [0, 0.1) is 5.82 Å². The summed E-state index contributed by atoms with van der Waals surface area (Å²) in [5.74, 6) is -0.617. The molecule has 0 aliphatic carbocycles. The number of halogens is 1. The number of ketones is 1. The van der Waals surface area contributed by atoms with Gasteiger partial charge in [0.1, 0.15) is 11.6 Å². The molecule has 0 spiro atoms. The van der Waals surface area contributed by atoms with Gasteiger partial charge in [-0.2, -0.15) is 0 Å². The molecule has 0 amide bonds. The molecule has 0 saturated carbocycles. The average Bonchev–Trinajstić information content (AvgIpc) is 2.78. The van der Waals surface area contributed by atoms with E-state index in [0.717, 1.165) is 12.1 Å². The molecule has 5 nitrogen and oxygen atoms in total. The Morgan fingerprint density at radius 2 is 1.67 bits per heavy atom. The van der Waals surface area contributed by atoms with Gasteiger partial charge in [-0.3, -0.25) is 9.78 Å². The lowest BCUT2D eigenvalue weighted by molar-refractivity contribution is 0.103. The van der Waals surface area contributed by atoms with Gasteiger partial charge >= 0.3 is 0 Å². The molecule has 1 aromatic heterocycles. The topological polar surface area (TPSA) is 73.3 Å². The van der Waals surface area contributed by atoms with Crippen molar-refractivity contribution in [2.45, 2.75) is 9.79 Å². The van der Waals surface area contributed by atoms with Crippen LogP contribution < -0.4 is 4.74 Å². The Hall–Kier alpha value is -3.58. The van der Waals surface area contributed by atoms with E-state index in [1.807, 2.05) is 0 Å². The van der Waals surface area contributed by atoms with E-state index in [0.29, 0.717) is 16.8 Å². The molecule has 7 heteroatoms. The zero-order valence-corrected chi connectivity index (χ0v) is 16.7. The smallest absolute Gasteiger partial charge is 0.208 e. The van der Waals surface area contributed by atoms with Gasteiger partial charge in [-0.1, -0.05) is 30.3 Å². The van der Waals surface area contributed by atoms with Crippen molar-refractivity contribution in [2.75, 3.05) is 7.11 Å². The number of pyridine rings is 1. The summed E-state index contributed by atoms with van der Waals surface area (Å²) in [5, 5.41) is 0.250. The molecule has 4 rings (SSSR count). The summed E-state index contributed by atoms with van der Waals surface area (Å²) in [4.78, 5) is 17.2. The first-order chi connectivity index (χ1) is 14.4. The van der Waals surface area contributed by atoms with Crippen molar-refractivity contribution < 1.29 is 22.3 Å². The molecule has 4 aromatic rings. The van der Waals surface area contributed by atoms with Crippen LogP contribution in [0.1, 0.15) is 15.9 Å². The molecule has 0 saturated heterocycles. The highest BCUT2D eigenvalue weighted by molar-refractivity contribution is 7.91. The van der Waals surface area contributed by atoms with Gasteiger partial charge in [0, 0.05) is 17.1 Å². The number of nitrogens with zero attached hydrogens (tertiary/aromatic N) is 1. The van der Waals surface area contributed by atoms with E-state index in [9.17, 15) is 17.6 Å². The Balaban J connectivity index is 2.05. The molecule has 0 N–H and O–H groups in total. The van der Waals surface area contributed by atoms with Crippen molar-refractivity contribution in [3.05, 3.63) is 95.9 Å². The predicted molar refractivity (Wildman–Crippen MR) is 110 cm³/mol. The van der Waals surface area contributed by atoms with E-state index >= 15 is 0 Å².